The van der Waals surface area contributed by atoms with Crippen LogP contribution in [0, 0.1) is 0 Å². The molecule has 0 unspecified atom stereocenters. The minimum atomic E-state index is -0.506. The zero-order valence-electron chi connectivity index (χ0n) is 22.7. The number of aromatic nitrogens is 2. The van der Waals surface area contributed by atoms with Gasteiger partial charge in [0.2, 0.25) is 0 Å². The van der Waals surface area contributed by atoms with Crippen molar-refractivity contribution in [2.45, 2.75) is 34.1 Å². The van der Waals surface area contributed by atoms with Crippen LogP contribution in [0.15, 0.2) is 73.1 Å². The fraction of sp³-hybridized carbons (Fsp3) is 0.333. The van der Waals surface area contributed by atoms with E-state index in [1.165, 1.54) is 11.3 Å². The summed E-state index contributed by atoms with van der Waals surface area (Å²) in [7, 11) is 2.16. The lowest BCUT2D eigenvalue weighted by Crippen LogP contribution is -2.44. The molecule has 196 valence electrons. The van der Waals surface area contributed by atoms with Crippen molar-refractivity contribution in [3.63, 3.8) is 0 Å². The summed E-state index contributed by atoms with van der Waals surface area (Å²) in [5.74, 6) is -0.506. The predicted octanol–water partition coefficient (Wildman–Crippen LogP) is 5.57. The number of hydrogen-bond donors (Lipinski definition) is 2. The highest BCUT2D eigenvalue weighted by molar-refractivity contribution is 6.05. The number of likely N-dealkylation sites (N-methyl/N-ethyl adjacent to an activating group) is 1. The number of amides is 1. The van der Waals surface area contributed by atoms with E-state index in [2.05, 4.69) is 51.4 Å². The minimum Gasteiger partial charge on any atom is -0.369 e. The Morgan fingerprint density at radius 3 is 2.22 bits per heavy atom. The molecule has 3 heterocycles. The van der Waals surface area contributed by atoms with Gasteiger partial charge in [-0.05, 0) is 42.9 Å². The molecule has 1 fully saturated rings. The van der Waals surface area contributed by atoms with Crippen LogP contribution < -0.4 is 16.0 Å². The number of nitrogens with one attached hydrogen (secondary N) is 1. The molecule has 0 saturated carbocycles. The van der Waals surface area contributed by atoms with Crippen molar-refractivity contribution in [2.75, 3.05) is 43.4 Å². The van der Waals surface area contributed by atoms with Gasteiger partial charge in [-0.1, -0.05) is 58.0 Å². The van der Waals surface area contributed by atoms with E-state index in [-0.39, 0.29) is 0 Å². The van der Waals surface area contributed by atoms with E-state index in [9.17, 15) is 4.79 Å². The van der Waals surface area contributed by atoms with Crippen LogP contribution in [0.5, 0.6) is 0 Å². The number of pyridine rings is 1. The highest BCUT2D eigenvalue weighted by atomic mass is 16.1. The van der Waals surface area contributed by atoms with Gasteiger partial charge in [-0.3, -0.25) is 4.79 Å². The largest absolute Gasteiger partial charge is 0.369 e. The van der Waals surface area contributed by atoms with Gasteiger partial charge in [0.15, 0.2) is 5.65 Å². The van der Waals surface area contributed by atoms with Crippen molar-refractivity contribution in [3.05, 3.63) is 89.9 Å². The number of nitrogens with two attached hydrogens (primary N) is 1. The molecule has 2 aromatic heterocycles. The first-order valence-corrected chi connectivity index (χ1v) is 13.2. The maximum atomic E-state index is 12.4. The van der Waals surface area contributed by atoms with E-state index in [4.69, 9.17) is 5.73 Å². The van der Waals surface area contributed by atoms with E-state index in [1.807, 2.05) is 74.7 Å². The third-order valence-corrected chi connectivity index (χ3v) is 6.24. The number of benzene rings is 2. The molecule has 3 N–H and O–H groups in total. The zero-order valence-corrected chi connectivity index (χ0v) is 22.7. The van der Waals surface area contributed by atoms with Crippen LogP contribution in [0.25, 0.3) is 5.65 Å². The molecular weight excluding hydrogens is 460 g/mol. The Kier molecular flexibility index (Phi) is 10.1. The van der Waals surface area contributed by atoms with E-state index in [1.54, 1.807) is 6.20 Å². The van der Waals surface area contributed by atoms with Crippen molar-refractivity contribution < 1.29 is 4.79 Å². The van der Waals surface area contributed by atoms with E-state index in [0.29, 0.717) is 23.3 Å². The predicted molar refractivity (Wildman–Crippen MR) is 155 cm³/mol. The van der Waals surface area contributed by atoms with Crippen LogP contribution in [-0.4, -0.2) is 53.4 Å². The molecule has 1 amide bonds. The summed E-state index contributed by atoms with van der Waals surface area (Å²) in [4.78, 5) is 21.6. The molecule has 1 saturated heterocycles. The molecule has 0 aliphatic carbocycles. The molecule has 37 heavy (non-hydrogen) atoms. The number of primary amides is 1. The Morgan fingerprint density at radius 1 is 0.946 bits per heavy atom. The van der Waals surface area contributed by atoms with Gasteiger partial charge in [0, 0.05) is 62.1 Å². The Hall–Kier alpha value is -3.84. The standard InChI is InChI=1S/C26H28N6O.2C2H6/c1-30-13-15-31(16-14-30)21-9-7-20(8-10-21)29-23-18-22(17-19-5-3-2-4-6-19)32-12-11-28-26(32)24(23)25(27)33;2*1-2/h2-12,18,29H,13-17H2,1H3,(H2,27,33);2*1-2H3. The molecule has 1 aliphatic heterocycles. The van der Waals surface area contributed by atoms with Gasteiger partial charge in [0.05, 0.1) is 5.69 Å². The minimum absolute atomic E-state index is 0.389. The van der Waals surface area contributed by atoms with E-state index < -0.39 is 5.91 Å². The monoisotopic (exact) mass is 500 g/mol. The fourth-order valence-corrected chi connectivity index (χ4v) is 4.41. The number of carbonyl (C=O) groups excluding carboxylic acids is 1. The molecule has 0 bridgehead atoms. The zero-order chi connectivity index (χ0) is 26.8. The Morgan fingerprint density at radius 2 is 1.59 bits per heavy atom. The molecule has 1 aliphatic rings. The molecule has 4 aromatic rings. The second-order valence-electron chi connectivity index (χ2n) is 8.53. The normalized spacial score (nSPS) is 13.3. The summed E-state index contributed by atoms with van der Waals surface area (Å²) < 4.78 is 1.94. The third-order valence-electron chi connectivity index (χ3n) is 6.24. The second kappa shape index (κ2) is 13.5. The lowest BCUT2D eigenvalue weighted by atomic mass is 10.1. The Balaban J connectivity index is 0.000000907. The van der Waals surface area contributed by atoms with Crippen LogP contribution in [-0.2, 0) is 6.42 Å². The van der Waals surface area contributed by atoms with Gasteiger partial charge in [0.1, 0.15) is 5.56 Å². The van der Waals surface area contributed by atoms with Gasteiger partial charge in [-0.25, -0.2) is 4.98 Å². The smallest absolute Gasteiger partial charge is 0.254 e. The maximum absolute atomic E-state index is 12.4. The number of anilines is 3. The maximum Gasteiger partial charge on any atom is 0.254 e. The van der Waals surface area contributed by atoms with Crippen molar-refractivity contribution in [2.24, 2.45) is 5.73 Å². The highest BCUT2D eigenvalue weighted by Crippen LogP contribution is 2.28. The first-order valence-electron chi connectivity index (χ1n) is 13.2. The SMILES string of the molecule is CC.CC.CN1CCN(c2ccc(Nc3cc(Cc4ccccc4)n4ccnc4c3C(N)=O)cc2)CC1. The number of fused-ring (bicyclic) bond motifs is 1. The fourth-order valence-electron chi connectivity index (χ4n) is 4.41. The quantitative estimate of drug-likeness (QED) is 0.362. The lowest BCUT2D eigenvalue weighted by Gasteiger charge is -2.34. The molecule has 7 nitrogen and oxygen atoms in total. The Labute approximate surface area is 220 Å². The number of rotatable bonds is 6. The molecular formula is C30H40N6O. The van der Waals surface area contributed by atoms with Gasteiger partial charge >= 0.3 is 0 Å². The van der Waals surface area contributed by atoms with Gasteiger partial charge in [0.25, 0.3) is 5.91 Å². The van der Waals surface area contributed by atoms with Crippen LogP contribution in [0.4, 0.5) is 17.1 Å². The second-order valence-corrected chi connectivity index (χ2v) is 8.53. The van der Waals surface area contributed by atoms with Crippen LogP contribution in [0.3, 0.4) is 0 Å². The van der Waals surface area contributed by atoms with Crippen LogP contribution >= 0.6 is 0 Å². The highest BCUT2D eigenvalue weighted by Gasteiger charge is 2.19. The average Bonchev–Trinajstić information content (AvgIpc) is 3.42. The first-order chi connectivity index (χ1) is 18.1. The summed E-state index contributed by atoms with van der Waals surface area (Å²) in [5.41, 5.74) is 11.7. The molecule has 0 spiro atoms. The van der Waals surface area contributed by atoms with Crippen molar-refractivity contribution in [1.82, 2.24) is 14.3 Å². The van der Waals surface area contributed by atoms with Crippen LogP contribution in [0.1, 0.15) is 49.3 Å². The summed E-state index contributed by atoms with van der Waals surface area (Å²) in [6, 6.07) is 20.6. The van der Waals surface area contributed by atoms with Gasteiger partial charge in [-0.2, -0.15) is 0 Å². The number of carbonyl (C=O) groups is 1. The third kappa shape index (κ3) is 6.68. The van der Waals surface area contributed by atoms with Crippen LogP contribution in [0.2, 0.25) is 0 Å². The number of hydrogen-bond acceptors (Lipinski definition) is 5. The lowest BCUT2D eigenvalue weighted by molar-refractivity contribution is 0.100. The topological polar surface area (TPSA) is 78.9 Å². The summed E-state index contributed by atoms with van der Waals surface area (Å²) >= 11 is 0. The van der Waals surface area contributed by atoms with Crippen molar-refractivity contribution in [3.8, 4) is 0 Å². The summed E-state index contributed by atoms with van der Waals surface area (Å²) in [6.45, 7) is 12.2. The molecule has 5 rings (SSSR count). The number of piperazine rings is 1. The first kappa shape index (κ1) is 27.7. The van der Waals surface area contributed by atoms with Crippen molar-refractivity contribution >= 4 is 28.6 Å². The molecule has 0 radical (unpaired) electrons. The van der Waals surface area contributed by atoms with Gasteiger partial charge in [-0.15, -0.1) is 0 Å². The average molecular weight is 501 g/mol. The van der Waals surface area contributed by atoms with Crippen molar-refractivity contribution in [1.29, 1.82) is 0 Å². The number of nitrogens with zero attached hydrogens (tertiary/aromatic N) is 4. The van der Waals surface area contributed by atoms with Gasteiger partial charge < -0.3 is 25.3 Å². The molecule has 7 heteroatoms. The molecule has 0 atom stereocenters. The Bertz CT molecular complexity index is 1260. The van der Waals surface area contributed by atoms with E-state index in [0.717, 1.165) is 37.6 Å². The molecule has 2 aromatic carbocycles. The summed E-state index contributed by atoms with van der Waals surface area (Å²) in [5, 5.41) is 3.42. The number of imidazole rings is 1. The summed E-state index contributed by atoms with van der Waals surface area (Å²) in [6.07, 6.45) is 4.28. The van der Waals surface area contributed by atoms with E-state index >= 15 is 0 Å².